The molecule has 1 aromatic carbocycles. The van der Waals surface area contributed by atoms with E-state index in [-0.39, 0.29) is 0 Å². The number of carboxylic acid groups (broad SMARTS) is 1. The smallest absolute Gasteiger partial charge is 0.338 e. The third-order valence-corrected chi connectivity index (χ3v) is 4.78. The Bertz CT molecular complexity index is 655. The highest BCUT2D eigenvalue weighted by atomic mass is 32.2. The van der Waals surface area contributed by atoms with Crippen LogP contribution in [0.25, 0.3) is 0 Å². The molecule has 0 spiro atoms. The fourth-order valence-corrected chi connectivity index (χ4v) is 3.58. The van der Waals surface area contributed by atoms with Crippen LogP contribution in [0.5, 0.6) is 0 Å². The first kappa shape index (κ1) is 14.1. The van der Waals surface area contributed by atoms with Crippen molar-refractivity contribution < 1.29 is 9.90 Å². The lowest BCUT2D eigenvalue weighted by atomic mass is 9.95. The number of aryl methyl sites for hydroxylation is 2. The van der Waals surface area contributed by atoms with Gasteiger partial charge in [-0.3, -0.25) is 0 Å². The van der Waals surface area contributed by atoms with Crippen LogP contribution in [0, 0.1) is 0 Å². The molecule has 0 radical (unpaired) electrons. The molecule has 0 amide bonds. The number of carbonyl (C=O) groups is 1. The predicted molar refractivity (Wildman–Crippen MR) is 83.8 cm³/mol. The fourth-order valence-electron chi connectivity index (χ4n) is 2.60. The van der Waals surface area contributed by atoms with E-state index in [1.807, 2.05) is 36.4 Å². The van der Waals surface area contributed by atoms with Crippen LogP contribution in [0.2, 0.25) is 0 Å². The second kappa shape index (κ2) is 6.31. The Morgan fingerprint density at radius 3 is 2.71 bits per heavy atom. The second-order valence-corrected chi connectivity index (χ2v) is 6.20. The molecule has 0 aliphatic heterocycles. The first-order chi connectivity index (χ1) is 10.2. The molecule has 0 fully saturated rings. The maximum absolute atomic E-state index is 11.5. The van der Waals surface area contributed by atoms with E-state index in [1.54, 1.807) is 0 Å². The lowest BCUT2D eigenvalue weighted by Crippen LogP contribution is -2.10. The van der Waals surface area contributed by atoms with Gasteiger partial charge in [0.1, 0.15) is 5.03 Å². The number of rotatable bonds is 4. The van der Waals surface area contributed by atoms with Crippen LogP contribution in [-0.4, -0.2) is 16.1 Å². The Morgan fingerprint density at radius 2 is 1.95 bits per heavy atom. The Hall–Kier alpha value is -1.81. The van der Waals surface area contributed by atoms with Crippen molar-refractivity contribution in [2.24, 2.45) is 0 Å². The van der Waals surface area contributed by atoms with Crippen molar-refractivity contribution in [3.05, 3.63) is 58.8 Å². The quantitative estimate of drug-likeness (QED) is 0.868. The number of carboxylic acids is 1. The van der Waals surface area contributed by atoms with Gasteiger partial charge in [-0.25, -0.2) is 9.78 Å². The van der Waals surface area contributed by atoms with Crippen LogP contribution in [0.3, 0.4) is 0 Å². The minimum atomic E-state index is -0.883. The zero-order chi connectivity index (χ0) is 14.7. The van der Waals surface area contributed by atoms with Crippen molar-refractivity contribution in [1.29, 1.82) is 0 Å². The van der Waals surface area contributed by atoms with E-state index in [0.717, 1.165) is 42.7 Å². The molecule has 0 unspecified atom stereocenters. The fraction of sp³-hybridized carbons (Fsp3) is 0.294. The molecule has 0 atom stereocenters. The number of pyridine rings is 1. The largest absolute Gasteiger partial charge is 0.478 e. The molecule has 0 saturated carbocycles. The van der Waals surface area contributed by atoms with Crippen LogP contribution < -0.4 is 0 Å². The third-order valence-electron chi connectivity index (χ3n) is 3.71. The molecule has 108 valence electrons. The molecule has 21 heavy (non-hydrogen) atoms. The van der Waals surface area contributed by atoms with Gasteiger partial charge in [-0.05, 0) is 42.9 Å². The Labute approximate surface area is 128 Å². The van der Waals surface area contributed by atoms with E-state index < -0.39 is 5.97 Å². The summed E-state index contributed by atoms with van der Waals surface area (Å²) in [7, 11) is 0. The van der Waals surface area contributed by atoms with Gasteiger partial charge >= 0.3 is 5.97 Å². The van der Waals surface area contributed by atoms with Crippen molar-refractivity contribution >= 4 is 17.7 Å². The highest BCUT2D eigenvalue weighted by Gasteiger charge is 2.19. The number of fused-ring (bicyclic) bond motifs is 1. The normalized spacial score (nSPS) is 13.7. The van der Waals surface area contributed by atoms with Gasteiger partial charge in [-0.1, -0.05) is 30.3 Å². The molecule has 3 rings (SSSR count). The average molecular weight is 299 g/mol. The van der Waals surface area contributed by atoms with Crippen LogP contribution in [0.1, 0.15) is 40.0 Å². The first-order valence-corrected chi connectivity index (χ1v) is 8.15. The second-order valence-electron chi connectivity index (χ2n) is 5.23. The van der Waals surface area contributed by atoms with E-state index >= 15 is 0 Å². The minimum absolute atomic E-state index is 0.344. The summed E-state index contributed by atoms with van der Waals surface area (Å²) in [5, 5.41) is 10.1. The van der Waals surface area contributed by atoms with Gasteiger partial charge in [0.15, 0.2) is 0 Å². The van der Waals surface area contributed by atoms with Gasteiger partial charge in [-0.15, -0.1) is 11.8 Å². The molecule has 1 aromatic heterocycles. The summed E-state index contributed by atoms with van der Waals surface area (Å²) in [6, 6.07) is 11.9. The van der Waals surface area contributed by atoms with Crippen molar-refractivity contribution in [1.82, 2.24) is 4.98 Å². The summed E-state index contributed by atoms with van der Waals surface area (Å²) < 4.78 is 0. The Kier molecular flexibility index (Phi) is 4.25. The number of hydrogen-bond donors (Lipinski definition) is 1. The molecular weight excluding hydrogens is 282 g/mol. The molecule has 1 aliphatic rings. The van der Waals surface area contributed by atoms with E-state index in [0.29, 0.717) is 10.6 Å². The molecule has 4 heteroatoms. The molecular formula is C17H17NO2S. The number of aromatic carboxylic acids is 1. The zero-order valence-corrected chi connectivity index (χ0v) is 12.5. The molecule has 0 saturated heterocycles. The Morgan fingerprint density at radius 1 is 1.19 bits per heavy atom. The average Bonchev–Trinajstić information content (AvgIpc) is 2.53. The summed E-state index contributed by atoms with van der Waals surface area (Å²) in [6.07, 6.45) is 4.19. The number of hydrogen-bond acceptors (Lipinski definition) is 3. The summed E-state index contributed by atoms with van der Waals surface area (Å²) >= 11 is 1.51. The van der Waals surface area contributed by atoms with Crippen molar-refractivity contribution in [2.75, 3.05) is 0 Å². The van der Waals surface area contributed by atoms with E-state index in [1.165, 1.54) is 17.3 Å². The van der Waals surface area contributed by atoms with Crippen LogP contribution in [-0.2, 0) is 18.6 Å². The maximum Gasteiger partial charge on any atom is 0.338 e. The van der Waals surface area contributed by atoms with Gasteiger partial charge in [0.05, 0.1) is 5.56 Å². The van der Waals surface area contributed by atoms with Crippen LogP contribution in [0.4, 0.5) is 0 Å². The topological polar surface area (TPSA) is 50.2 Å². The molecule has 1 aliphatic carbocycles. The van der Waals surface area contributed by atoms with Crippen LogP contribution >= 0.6 is 11.8 Å². The number of thioether (sulfide) groups is 1. The zero-order valence-electron chi connectivity index (χ0n) is 11.7. The van der Waals surface area contributed by atoms with Gasteiger partial charge in [0.2, 0.25) is 0 Å². The molecule has 3 nitrogen and oxygen atoms in total. The summed E-state index contributed by atoms with van der Waals surface area (Å²) in [6.45, 7) is 0. The molecule has 1 N–H and O–H groups in total. The molecule has 2 aromatic rings. The predicted octanol–water partition coefficient (Wildman–Crippen LogP) is 3.95. The first-order valence-electron chi connectivity index (χ1n) is 7.17. The number of aromatic nitrogens is 1. The lowest BCUT2D eigenvalue weighted by Gasteiger charge is -2.17. The van der Waals surface area contributed by atoms with E-state index in [2.05, 4.69) is 4.98 Å². The van der Waals surface area contributed by atoms with Crippen molar-refractivity contribution in [2.45, 2.75) is 36.5 Å². The SMILES string of the molecule is O=C(O)c1cc2c(nc1SCc1ccccc1)CCCC2. The van der Waals surface area contributed by atoms with Crippen LogP contribution in [0.15, 0.2) is 41.4 Å². The lowest BCUT2D eigenvalue weighted by molar-refractivity contribution is 0.0692. The third kappa shape index (κ3) is 3.27. The minimum Gasteiger partial charge on any atom is -0.478 e. The highest BCUT2D eigenvalue weighted by molar-refractivity contribution is 7.98. The van der Waals surface area contributed by atoms with Gasteiger partial charge < -0.3 is 5.11 Å². The van der Waals surface area contributed by atoms with Gasteiger partial charge in [0.25, 0.3) is 0 Å². The van der Waals surface area contributed by atoms with E-state index in [4.69, 9.17) is 0 Å². The van der Waals surface area contributed by atoms with E-state index in [9.17, 15) is 9.90 Å². The van der Waals surface area contributed by atoms with Gasteiger partial charge in [-0.2, -0.15) is 0 Å². The molecule has 1 heterocycles. The van der Waals surface area contributed by atoms with Crippen molar-refractivity contribution in [3.63, 3.8) is 0 Å². The summed E-state index contributed by atoms with van der Waals surface area (Å²) in [4.78, 5) is 16.1. The summed E-state index contributed by atoms with van der Waals surface area (Å²) in [5.41, 5.74) is 3.72. The summed E-state index contributed by atoms with van der Waals surface area (Å²) in [5.74, 6) is -0.140. The molecule has 0 bridgehead atoms. The van der Waals surface area contributed by atoms with Gasteiger partial charge in [0, 0.05) is 11.4 Å². The monoisotopic (exact) mass is 299 g/mol. The number of nitrogens with zero attached hydrogens (tertiary/aromatic N) is 1. The Balaban J connectivity index is 1.87. The maximum atomic E-state index is 11.5. The highest BCUT2D eigenvalue weighted by Crippen LogP contribution is 2.29. The number of benzene rings is 1. The standard InChI is InChI=1S/C17H17NO2S/c19-17(20)14-10-13-8-4-5-9-15(13)18-16(14)21-11-12-6-2-1-3-7-12/h1-3,6-7,10H,4-5,8-9,11H2,(H,19,20). The van der Waals surface area contributed by atoms with Crippen molar-refractivity contribution in [3.8, 4) is 0 Å².